The molecular formula is C15H12F3N3. The monoisotopic (exact) mass is 291 g/mol. The molecule has 3 nitrogen and oxygen atoms in total. The van der Waals surface area contributed by atoms with E-state index < -0.39 is 11.7 Å². The van der Waals surface area contributed by atoms with Crippen LogP contribution in [0, 0.1) is 18.3 Å². The van der Waals surface area contributed by atoms with Crippen LogP contribution in [0.4, 0.5) is 30.2 Å². The predicted octanol–water partition coefficient (Wildman–Crippen LogP) is 4.21. The minimum absolute atomic E-state index is 0.270. The summed E-state index contributed by atoms with van der Waals surface area (Å²) in [5.41, 5.74) is 7.08. The topological polar surface area (TPSA) is 61.8 Å². The summed E-state index contributed by atoms with van der Waals surface area (Å²) in [4.78, 5) is 0. The van der Waals surface area contributed by atoms with Crippen molar-refractivity contribution in [2.45, 2.75) is 13.1 Å². The number of nitrogens with two attached hydrogens (primary N) is 1. The van der Waals surface area contributed by atoms with E-state index in [-0.39, 0.29) is 5.69 Å². The number of nitrogens with one attached hydrogen (secondary N) is 1. The number of nitrogen functional groups attached to an aromatic ring is 1. The highest BCUT2D eigenvalue weighted by molar-refractivity contribution is 5.69. The molecule has 108 valence electrons. The molecule has 0 spiro atoms. The third kappa shape index (κ3) is 3.26. The van der Waals surface area contributed by atoms with Crippen LogP contribution in [0.2, 0.25) is 0 Å². The van der Waals surface area contributed by atoms with Crippen LogP contribution in [0.3, 0.4) is 0 Å². The van der Waals surface area contributed by atoms with Gasteiger partial charge in [0.25, 0.3) is 0 Å². The molecule has 6 heteroatoms. The van der Waals surface area contributed by atoms with Crippen LogP contribution in [-0.2, 0) is 6.18 Å². The molecule has 0 aliphatic rings. The second-order valence-corrected chi connectivity index (χ2v) is 4.57. The summed E-state index contributed by atoms with van der Waals surface area (Å²) in [7, 11) is 0. The zero-order valence-corrected chi connectivity index (χ0v) is 11.1. The van der Waals surface area contributed by atoms with E-state index in [1.54, 1.807) is 13.0 Å². The van der Waals surface area contributed by atoms with Gasteiger partial charge in [0.2, 0.25) is 0 Å². The Kier molecular flexibility index (Phi) is 3.76. The number of benzene rings is 2. The Balaban J connectivity index is 2.35. The first-order valence-corrected chi connectivity index (χ1v) is 6.06. The average Bonchev–Trinajstić information content (AvgIpc) is 2.40. The lowest BCUT2D eigenvalue weighted by Gasteiger charge is -2.14. The highest BCUT2D eigenvalue weighted by Crippen LogP contribution is 2.33. The molecule has 0 aliphatic heterocycles. The van der Waals surface area contributed by atoms with Crippen molar-refractivity contribution >= 4 is 17.1 Å². The number of anilines is 3. The van der Waals surface area contributed by atoms with Gasteiger partial charge in [-0.3, -0.25) is 0 Å². The molecule has 0 bridgehead atoms. The summed E-state index contributed by atoms with van der Waals surface area (Å²) in [6.07, 6.45) is -4.40. The fourth-order valence-corrected chi connectivity index (χ4v) is 1.83. The van der Waals surface area contributed by atoms with Crippen LogP contribution < -0.4 is 11.1 Å². The number of aryl methyl sites for hydroxylation is 1. The lowest BCUT2D eigenvalue weighted by molar-refractivity contribution is -0.137. The SMILES string of the molecule is Cc1ccc(C(F)(F)F)cc1Nc1ccc(C#N)c(N)c1. The summed E-state index contributed by atoms with van der Waals surface area (Å²) in [5.74, 6) is 0. The van der Waals surface area contributed by atoms with E-state index >= 15 is 0 Å². The van der Waals surface area contributed by atoms with Crippen LogP contribution in [0.5, 0.6) is 0 Å². The van der Waals surface area contributed by atoms with Crippen LogP contribution in [0.15, 0.2) is 36.4 Å². The Bertz CT molecular complexity index is 715. The van der Waals surface area contributed by atoms with Crippen molar-refractivity contribution in [3.8, 4) is 6.07 Å². The van der Waals surface area contributed by atoms with E-state index in [4.69, 9.17) is 11.0 Å². The minimum atomic E-state index is -4.40. The summed E-state index contributed by atoms with van der Waals surface area (Å²) in [6, 6.07) is 10.0. The maximum atomic E-state index is 12.7. The second kappa shape index (κ2) is 5.37. The molecule has 0 atom stereocenters. The fourth-order valence-electron chi connectivity index (χ4n) is 1.83. The number of hydrogen-bond acceptors (Lipinski definition) is 3. The van der Waals surface area contributed by atoms with Crippen molar-refractivity contribution in [1.82, 2.24) is 0 Å². The molecule has 0 aliphatic carbocycles. The lowest BCUT2D eigenvalue weighted by atomic mass is 10.1. The highest BCUT2D eigenvalue weighted by Gasteiger charge is 2.30. The zero-order chi connectivity index (χ0) is 15.6. The van der Waals surface area contributed by atoms with E-state index in [1.807, 2.05) is 6.07 Å². The Morgan fingerprint density at radius 3 is 2.43 bits per heavy atom. The van der Waals surface area contributed by atoms with Gasteiger partial charge in [0, 0.05) is 11.4 Å². The highest BCUT2D eigenvalue weighted by atomic mass is 19.4. The molecule has 0 amide bonds. The number of alkyl halides is 3. The molecule has 0 heterocycles. The summed E-state index contributed by atoms with van der Waals surface area (Å²) < 4.78 is 38.2. The zero-order valence-electron chi connectivity index (χ0n) is 11.1. The Hall–Kier alpha value is -2.68. The Morgan fingerprint density at radius 2 is 1.86 bits per heavy atom. The molecular weight excluding hydrogens is 279 g/mol. The largest absolute Gasteiger partial charge is 0.416 e. The first kappa shape index (κ1) is 14.7. The molecule has 3 N–H and O–H groups in total. The normalized spacial score (nSPS) is 11.0. The van der Waals surface area contributed by atoms with Gasteiger partial charge in [0.1, 0.15) is 6.07 Å². The standard InChI is InChI=1S/C15H12F3N3/c1-9-2-4-11(15(16,17)18)6-14(9)21-12-5-3-10(8-19)13(20)7-12/h2-7,21H,20H2,1H3. The van der Waals surface area contributed by atoms with Crippen LogP contribution in [0.1, 0.15) is 16.7 Å². The molecule has 0 saturated carbocycles. The van der Waals surface area contributed by atoms with Crippen molar-refractivity contribution in [1.29, 1.82) is 5.26 Å². The number of halogens is 3. The van der Waals surface area contributed by atoms with Gasteiger partial charge >= 0.3 is 6.18 Å². The molecule has 2 rings (SSSR count). The van der Waals surface area contributed by atoms with Gasteiger partial charge in [0.05, 0.1) is 16.8 Å². The van der Waals surface area contributed by atoms with Gasteiger partial charge in [-0.05, 0) is 42.8 Å². The first-order valence-electron chi connectivity index (χ1n) is 6.06. The van der Waals surface area contributed by atoms with E-state index in [0.29, 0.717) is 22.5 Å². The third-order valence-electron chi connectivity index (χ3n) is 3.02. The predicted molar refractivity (Wildman–Crippen MR) is 75.0 cm³/mol. The van der Waals surface area contributed by atoms with Crippen molar-refractivity contribution in [3.63, 3.8) is 0 Å². The molecule has 2 aromatic rings. The van der Waals surface area contributed by atoms with E-state index in [0.717, 1.165) is 12.1 Å². The molecule has 21 heavy (non-hydrogen) atoms. The fraction of sp³-hybridized carbons (Fsp3) is 0.133. The smallest absolute Gasteiger partial charge is 0.398 e. The van der Waals surface area contributed by atoms with Crippen molar-refractivity contribution in [3.05, 3.63) is 53.1 Å². The maximum absolute atomic E-state index is 12.7. The van der Waals surface area contributed by atoms with E-state index in [1.165, 1.54) is 18.2 Å². The van der Waals surface area contributed by atoms with Crippen molar-refractivity contribution in [2.75, 3.05) is 11.1 Å². The summed E-state index contributed by atoms with van der Waals surface area (Å²) >= 11 is 0. The average molecular weight is 291 g/mol. The van der Waals surface area contributed by atoms with Gasteiger partial charge in [-0.2, -0.15) is 18.4 Å². The van der Waals surface area contributed by atoms with Gasteiger partial charge < -0.3 is 11.1 Å². The Morgan fingerprint density at radius 1 is 1.14 bits per heavy atom. The quantitative estimate of drug-likeness (QED) is 0.815. The Labute approximate surface area is 119 Å². The van der Waals surface area contributed by atoms with Gasteiger partial charge in [-0.25, -0.2) is 0 Å². The number of rotatable bonds is 2. The van der Waals surface area contributed by atoms with Gasteiger partial charge in [0.15, 0.2) is 0 Å². The summed E-state index contributed by atoms with van der Waals surface area (Å²) in [6.45, 7) is 1.70. The minimum Gasteiger partial charge on any atom is -0.398 e. The molecule has 0 saturated heterocycles. The van der Waals surface area contributed by atoms with E-state index in [9.17, 15) is 13.2 Å². The number of nitriles is 1. The van der Waals surface area contributed by atoms with Crippen LogP contribution >= 0.6 is 0 Å². The maximum Gasteiger partial charge on any atom is 0.416 e. The molecule has 0 radical (unpaired) electrons. The van der Waals surface area contributed by atoms with Crippen LogP contribution in [-0.4, -0.2) is 0 Å². The number of nitrogens with zero attached hydrogens (tertiary/aromatic N) is 1. The molecule has 0 unspecified atom stereocenters. The molecule has 2 aromatic carbocycles. The van der Waals surface area contributed by atoms with Crippen molar-refractivity contribution < 1.29 is 13.2 Å². The van der Waals surface area contributed by atoms with Crippen LogP contribution in [0.25, 0.3) is 0 Å². The summed E-state index contributed by atoms with van der Waals surface area (Å²) in [5, 5.41) is 11.7. The first-order chi connectivity index (χ1) is 9.81. The lowest BCUT2D eigenvalue weighted by Crippen LogP contribution is -2.06. The van der Waals surface area contributed by atoms with Crippen molar-refractivity contribution in [2.24, 2.45) is 0 Å². The second-order valence-electron chi connectivity index (χ2n) is 4.57. The van der Waals surface area contributed by atoms with Gasteiger partial charge in [-0.15, -0.1) is 0 Å². The third-order valence-corrected chi connectivity index (χ3v) is 3.02. The molecule has 0 fully saturated rings. The van der Waals surface area contributed by atoms with E-state index in [2.05, 4.69) is 5.32 Å². The molecule has 0 aromatic heterocycles. The number of hydrogen-bond donors (Lipinski definition) is 2. The van der Waals surface area contributed by atoms with Gasteiger partial charge in [-0.1, -0.05) is 6.07 Å².